The molecule has 0 unspecified atom stereocenters. The fraction of sp³-hybridized carbons (Fsp3) is 0.125. The minimum Gasteiger partial charge on any atom is -0.504 e. The normalized spacial score (nSPS) is 11.5. The van der Waals surface area contributed by atoms with Crippen LogP contribution in [-0.4, -0.2) is 35.8 Å². The average molecular weight is 470 g/mol. The summed E-state index contributed by atoms with van der Waals surface area (Å²) in [4.78, 5) is 13.5. The molecule has 0 spiro atoms. The zero-order valence-electron chi connectivity index (χ0n) is 16.9. The lowest BCUT2D eigenvalue weighted by molar-refractivity contribution is 0.103. The Hall–Kier alpha value is -3.29. The number of phenols is 1. The van der Waals surface area contributed by atoms with Crippen LogP contribution in [0.25, 0.3) is 10.9 Å². The summed E-state index contributed by atoms with van der Waals surface area (Å²) in [5.41, 5.74) is 0.584. The zero-order valence-corrected chi connectivity index (χ0v) is 18.5. The highest BCUT2D eigenvalue weighted by molar-refractivity contribution is 7.90. The Kier molecular flexibility index (Phi) is 6.21. The van der Waals surface area contributed by atoms with Gasteiger partial charge in [-0.3, -0.25) is 4.79 Å². The number of aromatic hydroxyl groups is 1. The monoisotopic (exact) mass is 469 g/mol. The van der Waals surface area contributed by atoms with Gasteiger partial charge >= 0.3 is 0 Å². The third-order valence-electron chi connectivity index (χ3n) is 4.94. The summed E-state index contributed by atoms with van der Waals surface area (Å²) in [5, 5.41) is 10.7. The Balaban J connectivity index is 1.85. The molecule has 0 fully saturated rings. The number of aromatic nitrogens is 1. The molecule has 1 aromatic heterocycles. The van der Waals surface area contributed by atoms with Gasteiger partial charge in [0.2, 0.25) is 5.78 Å². The third kappa shape index (κ3) is 4.09. The van der Waals surface area contributed by atoms with Gasteiger partial charge in [-0.1, -0.05) is 36.4 Å². The van der Waals surface area contributed by atoms with Crippen LogP contribution >= 0.6 is 11.6 Å². The van der Waals surface area contributed by atoms with Crippen LogP contribution in [0, 0.1) is 0 Å². The molecule has 6 nitrogen and oxygen atoms in total. The first kappa shape index (κ1) is 21.9. The summed E-state index contributed by atoms with van der Waals surface area (Å²) in [6.45, 7) is 0.275. The topological polar surface area (TPSA) is 85.6 Å². The van der Waals surface area contributed by atoms with Crippen molar-refractivity contribution in [2.45, 2.75) is 11.3 Å². The quantitative estimate of drug-likeness (QED) is 0.227. The number of hydrogen-bond donors (Lipinski definition) is 1. The van der Waals surface area contributed by atoms with E-state index in [4.69, 9.17) is 16.3 Å². The lowest BCUT2D eigenvalue weighted by atomic mass is 10.1. The second kappa shape index (κ2) is 9.06. The van der Waals surface area contributed by atoms with Crippen LogP contribution in [0.5, 0.6) is 11.5 Å². The molecular formula is C24H20ClNO5S. The maximum atomic E-state index is 13.5. The molecule has 0 amide bonds. The van der Waals surface area contributed by atoms with Gasteiger partial charge in [0.25, 0.3) is 10.0 Å². The summed E-state index contributed by atoms with van der Waals surface area (Å²) in [6, 6.07) is 20.6. The number of hydrogen-bond acceptors (Lipinski definition) is 5. The van der Waals surface area contributed by atoms with Gasteiger partial charge in [-0.05, 0) is 48.9 Å². The number of para-hydroxylation sites is 1. The summed E-state index contributed by atoms with van der Waals surface area (Å²) in [5.74, 6) is -0.0948. The largest absolute Gasteiger partial charge is 0.504 e. The highest BCUT2D eigenvalue weighted by Gasteiger charge is 2.27. The van der Waals surface area contributed by atoms with E-state index < -0.39 is 15.8 Å². The van der Waals surface area contributed by atoms with Crippen molar-refractivity contribution in [2.75, 3.05) is 12.5 Å². The average Bonchev–Trinajstić information content (AvgIpc) is 3.21. The van der Waals surface area contributed by atoms with Crippen molar-refractivity contribution in [2.24, 2.45) is 0 Å². The number of alkyl halides is 1. The number of carbonyl (C=O) groups is 1. The summed E-state index contributed by atoms with van der Waals surface area (Å²) >= 11 is 5.66. The number of fused-ring (bicyclic) bond motifs is 1. The zero-order chi connectivity index (χ0) is 22.7. The molecule has 0 saturated carbocycles. The van der Waals surface area contributed by atoms with Crippen molar-refractivity contribution in [1.82, 2.24) is 3.97 Å². The molecule has 32 heavy (non-hydrogen) atoms. The van der Waals surface area contributed by atoms with Crippen molar-refractivity contribution < 1.29 is 23.1 Å². The first-order valence-corrected chi connectivity index (χ1v) is 11.9. The van der Waals surface area contributed by atoms with E-state index in [0.29, 0.717) is 23.2 Å². The minimum absolute atomic E-state index is 0.00699. The molecule has 0 aliphatic rings. The Labute approximate surface area is 190 Å². The van der Waals surface area contributed by atoms with E-state index in [2.05, 4.69) is 0 Å². The van der Waals surface area contributed by atoms with Gasteiger partial charge in [-0.25, -0.2) is 12.4 Å². The molecule has 4 rings (SSSR count). The van der Waals surface area contributed by atoms with Crippen LogP contribution in [0.2, 0.25) is 0 Å². The maximum Gasteiger partial charge on any atom is 0.268 e. The minimum atomic E-state index is -4.04. The maximum absolute atomic E-state index is 13.5. The van der Waals surface area contributed by atoms with Gasteiger partial charge in [-0.2, -0.15) is 0 Å². The number of benzene rings is 3. The fourth-order valence-electron chi connectivity index (χ4n) is 3.40. The Morgan fingerprint density at radius 1 is 0.969 bits per heavy atom. The van der Waals surface area contributed by atoms with Gasteiger partial charge in [0.15, 0.2) is 11.5 Å². The third-order valence-corrected chi connectivity index (χ3v) is 6.95. The van der Waals surface area contributed by atoms with E-state index in [9.17, 15) is 18.3 Å². The second-order valence-corrected chi connectivity index (χ2v) is 9.24. The molecule has 164 valence electrons. The number of carbonyl (C=O) groups excluding carboxylic acids is 1. The first-order chi connectivity index (χ1) is 15.4. The van der Waals surface area contributed by atoms with Crippen molar-refractivity contribution in [3.63, 3.8) is 0 Å². The fourth-order valence-corrected chi connectivity index (χ4v) is 5.04. The molecule has 4 aromatic rings. The van der Waals surface area contributed by atoms with Crippen LogP contribution in [0.15, 0.2) is 83.8 Å². The molecule has 0 aliphatic heterocycles. The van der Waals surface area contributed by atoms with Crippen molar-refractivity contribution in [1.29, 1.82) is 0 Å². The van der Waals surface area contributed by atoms with Gasteiger partial charge in [0, 0.05) is 16.8 Å². The summed E-state index contributed by atoms with van der Waals surface area (Å²) < 4.78 is 33.6. The molecular weight excluding hydrogens is 450 g/mol. The van der Waals surface area contributed by atoms with Crippen molar-refractivity contribution in [3.05, 3.63) is 90.1 Å². The Bertz CT molecular complexity index is 1380. The van der Waals surface area contributed by atoms with E-state index in [1.165, 1.54) is 30.3 Å². The SMILES string of the molecule is O=C(c1ccc(O)c(OCCCCl)c1)c1cc2ccccc2n1S(=O)(=O)c1ccccc1. The van der Waals surface area contributed by atoms with Gasteiger partial charge in [0.05, 0.1) is 17.0 Å². The number of halogens is 1. The van der Waals surface area contributed by atoms with E-state index in [-0.39, 0.29) is 34.3 Å². The van der Waals surface area contributed by atoms with Gasteiger partial charge in [-0.15, -0.1) is 11.6 Å². The lowest BCUT2D eigenvalue weighted by Gasteiger charge is -2.13. The molecule has 0 saturated heterocycles. The highest BCUT2D eigenvalue weighted by Crippen LogP contribution is 2.31. The molecule has 1 heterocycles. The van der Waals surface area contributed by atoms with Crippen LogP contribution in [0.1, 0.15) is 22.5 Å². The van der Waals surface area contributed by atoms with Crippen LogP contribution < -0.4 is 4.74 Å². The lowest BCUT2D eigenvalue weighted by Crippen LogP contribution is -2.19. The van der Waals surface area contributed by atoms with Crippen molar-refractivity contribution >= 4 is 38.3 Å². The van der Waals surface area contributed by atoms with Crippen LogP contribution in [0.3, 0.4) is 0 Å². The molecule has 0 atom stereocenters. The molecule has 1 N–H and O–H groups in total. The number of ether oxygens (including phenoxy) is 1. The first-order valence-electron chi connectivity index (χ1n) is 9.91. The van der Waals surface area contributed by atoms with E-state index in [0.717, 1.165) is 3.97 Å². The van der Waals surface area contributed by atoms with Crippen LogP contribution in [-0.2, 0) is 10.0 Å². The number of phenolic OH excluding ortho intramolecular Hbond substituents is 1. The molecule has 3 aromatic carbocycles. The Morgan fingerprint density at radius 3 is 2.44 bits per heavy atom. The number of nitrogens with zero attached hydrogens (tertiary/aromatic N) is 1. The summed E-state index contributed by atoms with van der Waals surface area (Å²) in [7, 11) is -4.04. The second-order valence-electron chi connectivity index (χ2n) is 7.07. The van der Waals surface area contributed by atoms with E-state index in [1.807, 2.05) is 0 Å². The standard InChI is InChI=1S/C24H20ClNO5S/c25-13-6-14-31-23-16-18(11-12-22(23)27)24(28)21-15-17-7-4-5-10-20(17)26(21)32(29,30)19-8-2-1-3-9-19/h1-5,7-12,15-16,27H,6,13-14H2. The molecule has 8 heteroatoms. The summed E-state index contributed by atoms with van der Waals surface area (Å²) in [6.07, 6.45) is 0.572. The number of ketones is 1. The van der Waals surface area contributed by atoms with Crippen molar-refractivity contribution in [3.8, 4) is 11.5 Å². The van der Waals surface area contributed by atoms with Gasteiger partial charge in [0.1, 0.15) is 5.69 Å². The highest BCUT2D eigenvalue weighted by atomic mass is 35.5. The molecule has 0 radical (unpaired) electrons. The van der Waals surface area contributed by atoms with E-state index in [1.54, 1.807) is 48.5 Å². The predicted octanol–water partition coefficient (Wildman–Crippen LogP) is 4.82. The van der Waals surface area contributed by atoms with Gasteiger partial charge < -0.3 is 9.84 Å². The molecule has 0 aliphatic carbocycles. The smallest absolute Gasteiger partial charge is 0.268 e. The number of rotatable bonds is 8. The van der Waals surface area contributed by atoms with E-state index >= 15 is 0 Å². The molecule has 0 bridgehead atoms. The van der Waals surface area contributed by atoms with Crippen LogP contribution in [0.4, 0.5) is 0 Å². The Morgan fingerprint density at radius 2 is 1.69 bits per heavy atom. The predicted molar refractivity (Wildman–Crippen MR) is 123 cm³/mol.